The fourth-order valence-electron chi connectivity index (χ4n) is 1.73. The van der Waals surface area contributed by atoms with Crippen molar-refractivity contribution in [2.45, 2.75) is 13.8 Å². The number of fused-ring (bicyclic) bond motifs is 1. The molecule has 0 bridgehead atoms. The topological polar surface area (TPSA) is 15.8 Å². The average Bonchev–Trinajstić information content (AvgIpc) is 2.57. The van der Waals surface area contributed by atoms with Crippen LogP contribution in [0, 0.1) is 6.92 Å². The quantitative estimate of drug-likeness (QED) is 0.699. The highest BCUT2D eigenvalue weighted by Gasteiger charge is 2.03. The summed E-state index contributed by atoms with van der Waals surface area (Å²) >= 11 is 0. The van der Waals surface area contributed by atoms with Crippen LogP contribution in [0.25, 0.3) is 17.0 Å². The third-order valence-corrected chi connectivity index (χ3v) is 2.70. The van der Waals surface area contributed by atoms with Crippen molar-refractivity contribution in [1.29, 1.82) is 0 Å². The first kappa shape index (κ1) is 9.78. The van der Waals surface area contributed by atoms with Gasteiger partial charge in [0.25, 0.3) is 0 Å². The number of aromatic amines is 1. The maximum absolute atomic E-state index is 3.76. The summed E-state index contributed by atoms with van der Waals surface area (Å²) in [6.45, 7) is 7.95. The highest BCUT2D eigenvalue weighted by Crippen LogP contribution is 2.22. The van der Waals surface area contributed by atoms with E-state index >= 15 is 0 Å². The van der Waals surface area contributed by atoms with E-state index in [1.54, 1.807) is 0 Å². The second-order valence-corrected chi connectivity index (χ2v) is 3.80. The lowest BCUT2D eigenvalue weighted by Gasteiger charge is -1.93. The van der Waals surface area contributed by atoms with E-state index in [4.69, 9.17) is 0 Å². The van der Waals surface area contributed by atoms with Crippen molar-refractivity contribution < 1.29 is 0 Å². The van der Waals surface area contributed by atoms with Crippen LogP contribution in [0.3, 0.4) is 0 Å². The number of hydrogen-bond donors (Lipinski definition) is 1. The normalized spacial score (nSPS) is 12.0. The molecule has 1 heteroatoms. The zero-order valence-corrected chi connectivity index (χ0v) is 9.17. The van der Waals surface area contributed by atoms with Gasteiger partial charge in [-0.25, -0.2) is 0 Å². The summed E-state index contributed by atoms with van der Waals surface area (Å²) in [6.07, 6.45) is 3.99. The lowest BCUT2D eigenvalue weighted by Crippen LogP contribution is -1.76. The van der Waals surface area contributed by atoms with Crippen molar-refractivity contribution >= 4 is 17.0 Å². The van der Waals surface area contributed by atoms with Crippen LogP contribution in [-0.2, 0) is 0 Å². The largest absolute Gasteiger partial charge is 0.355 e. The van der Waals surface area contributed by atoms with Crippen LogP contribution in [0.5, 0.6) is 0 Å². The minimum absolute atomic E-state index is 1.17. The number of benzene rings is 1. The Balaban J connectivity index is 2.63. The summed E-state index contributed by atoms with van der Waals surface area (Å²) in [7, 11) is 0. The zero-order chi connectivity index (χ0) is 10.8. The first-order valence-electron chi connectivity index (χ1n) is 5.10. The van der Waals surface area contributed by atoms with Gasteiger partial charge >= 0.3 is 0 Å². The molecule has 0 radical (unpaired) electrons. The Labute approximate surface area is 90.1 Å². The van der Waals surface area contributed by atoms with Crippen molar-refractivity contribution in [2.24, 2.45) is 0 Å². The molecule has 0 spiro atoms. The van der Waals surface area contributed by atoms with Gasteiger partial charge in [0.1, 0.15) is 0 Å². The standard InChI is InChI=1S/C14H15N/c1-4-10(2)9-14-11(3)12-7-5-6-8-13(12)15-14/h4-9,15H,1H2,2-3H3/b10-9-. The second kappa shape index (κ2) is 3.77. The Morgan fingerprint density at radius 1 is 1.33 bits per heavy atom. The van der Waals surface area contributed by atoms with Crippen LogP contribution in [0.2, 0.25) is 0 Å². The summed E-state index contributed by atoms with van der Waals surface area (Å²) in [5.74, 6) is 0. The van der Waals surface area contributed by atoms with Gasteiger partial charge in [-0.15, -0.1) is 0 Å². The van der Waals surface area contributed by atoms with E-state index in [1.165, 1.54) is 27.7 Å². The summed E-state index contributed by atoms with van der Waals surface area (Å²) in [5.41, 5.74) is 4.84. The molecule has 0 aliphatic heterocycles. The van der Waals surface area contributed by atoms with Crippen molar-refractivity contribution in [1.82, 2.24) is 4.98 Å². The van der Waals surface area contributed by atoms with Gasteiger partial charge in [0, 0.05) is 16.6 Å². The van der Waals surface area contributed by atoms with Crippen LogP contribution in [0.15, 0.2) is 42.5 Å². The Bertz CT molecular complexity index is 529. The number of para-hydroxylation sites is 1. The SMILES string of the molecule is C=C/C(C)=C\c1[nH]c2ccccc2c1C. The lowest BCUT2D eigenvalue weighted by atomic mass is 10.1. The van der Waals surface area contributed by atoms with Gasteiger partial charge in [-0.2, -0.15) is 0 Å². The number of aryl methyl sites for hydroxylation is 1. The van der Waals surface area contributed by atoms with Crippen LogP contribution >= 0.6 is 0 Å². The fourth-order valence-corrected chi connectivity index (χ4v) is 1.73. The number of H-pyrrole nitrogens is 1. The minimum atomic E-state index is 1.17. The first-order chi connectivity index (χ1) is 7.22. The van der Waals surface area contributed by atoms with E-state index in [9.17, 15) is 0 Å². The molecule has 0 aliphatic rings. The number of hydrogen-bond acceptors (Lipinski definition) is 0. The zero-order valence-electron chi connectivity index (χ0n) is 9.17. The molecule has 0 unspecified atom stereocenters. The lowest BCUT2D eigenvalue weighted by molar-refractivity contribution is 1.36. The highest BCUT2D eigenvalue weighted by atomic mass is 14.7. The highest BCUT2D eigenvalue weighted by molar-refractivity contribution is 5.87. The molecule has 76 valence electrons. The molecule has 2 rings (SSSR count). The van der Waals surface area contributed by atoms with E-state index in [-0.39, 0.29) is 0 Å². The van der Waals surface area contributed by atoms with E-state index in [0.29, 0.717) is 0 Å². The van der Waals surface area contributed by atoms with Gasteiger partial charge in [0.15, 0.2) is 0 Å². The minimum Gasteiger partial charge on any atom is -0.355 e. The summed E-state index contributed by atoms with van der Waals surface area (Å²) in [6, 6.07) is 8.35. The van der Waals surface area contributed by atoms with Gasteiger partial charge in [-0.1, -0.05) is 30.9 Å². The van der Waals surface area contributed by atoms with Crippen LogP contribution < -0.4 is 0 Å². The molecule has 0 atom stereocenters. The fraction of sp³-hybridized carbons (Fsp3) is 0.143. The molecular weight excluding hydrogens is 182 g/mol. The molecule has 15 heavy (non-hydrogen) atoms. The van der Waals surface area contributed by atoms with Gasteiger partial charge < -0.3 is 4.98 Å². The van der Waals surface area contributed by atoms with Crippen LogP contribution in [-0.4, -0.2) is 4.98 Å². The van der Waals surface area contributed by atoms with Gasteiger partial charge in [-0.05, 0) is 37.1 Å². The smallest absolute Gasteiger partial charge is 0.0461 e. The Morgan fingerprint density at radius 2 is 2.07 bits per heavy atom. The molecule has 2 aromatic rings. The predicted octanol–water partition coefficient (Wildman–Crippen LogP) is 4.07. The van der Waals surface area contributed by atoms with Crippen molar-refractivity contribution in [3.05, 3.63) is 53.8 Å². The monoisotopic (exact) mass is 197 g/mol. The summed E-state index contributed by atoms with van der Waals surface area (Å²) in [4.78, 5) is 3.40. The molecular formula is C14H15N. The molecule has 1 heterocycles. The van der Waals surface area contributed by atoms with Gasteiger partial charge in [0.05, 0.1) is 0 Å². The molecule has 0 saturated heterocycles. The Hall–Kier alpha value is -1.76. The Morgan fingerprint density at radius 3 is 2.73 bits per heavy atom. The van der Waals surface area contributed by atoms with Gasteiger partial charge in [-0.3, -0.25) is 0 Å². The van der Waals surface area contributed by atoms with Gasteiger partial charge in [0.2, 0.25) is 0 Å². The molecule has 0 fully saturated rings. The predicted molar refractivity (Wildman–Crippen MR) is 66.9 cm³/mol. The number of allylic oxidation sites excluding steroid dienone is 2. The molecule has 1 aromatic heterocycles. The molecule has 0 saturated carbocycles. The first-order valence-corrected chi connectivity index (χ1v) is 5.10. The summed E-state index contributed by atoms with van der Waals surface area (Å²) in [5, 5.41) is 1.29. The second-order valence-electron chi connectivity index (χ2n) is 3.80. The van der Waals surface area contributed by atoms with E-state index in [0.717, 1.165) is 0 Å². The third-order valence-electron chi connectivity index (χ3n) is 2.70. The van der Waals surface area contributed by atoms with Crippen molar-refractivity contribution in [3.63, 3.8) is 0 Å². The molecule has 1 N–H and O–H groups in total. The maximum Gasteiger partial charge on any atom is 0.0461 e. The van der Waals surface area contributed by atoms with Crippen molar-refractivity contribution in [2.75, 3.05) is 0 Å². The molecule has 0 amide bonds. The number of aromatic nitrogens is 1. The maximum atomic E-state index is 3.76. The van der Waals surface area contributed by atoms with E-state index in [1.807, 2.05) is 12.1 Å². The van der Waals surface area contributed by atoms with E-state index < -0.39 is 0 Å². The third kappa shape index (κ3) is 1.73. The van der Waals surface area contributed by atoms with Crippen LogP contribution in [0.4, 0.5) is 0 Å². The summed E-state index contributed by atoms with van der Waals surface area (Å²) < 4.78 is 0. The molecule has 1 aromatic carbocycles. The van der Waals surface area contributed by atoms with Crippen molar-refractivity contribution in [3.8, 4) is 0 Å². The Kier molecular flexibility index (Phi) is 2.46. The number of rotatable bonds is 2. The van der Waals surface area contributed by atoms with E-state index in [2.05, 4.69) is 49.7 Å². The molecule has 0 aliphatic carbocycles. The number of nitrogens with one attached hydrogen (secondary N) is 1. The van der Waals surface area contributed by atoms with Crippen LogP contribution in [0.1, 0.15) is 18.2 Å². The average molecular weight is 197 g/mol. The molecule has 1 nitrogen and oxygen atoms in total.